The van der Waals surface area contributed by atoms with Crippen LogP contribution < -0.4 is 5.32 Å². The van der Waals surface area contributed by atoms with Crippen molar-refractivity contribution in [2.75, 3.05) is 5.32 Å². The molecular weight excluding hydrogens is 611 g/mol. The Hall–Kier alpha value is -2.38. The first kappa shape index (κ1) is 25.9. The summed E-state index contributed by atoms with van der Waals surface area (Å²) in [6, 6.07) is 18.9. The summed E-state index contributed by atoms with van der Waals surface area (Å²) >= 11 is 24.7. The van der Waals surface area contributed by atoms with Crippen molar-refractivity contribution in [2.24, 2.45) is 17.8 Å². The zero-order valence-electron chi connectivity index (χ0n) is 20.3. The van der Waals surface area contributed by atoms with Crippen molar-refractivity contribution in [3.63, 3.8) is 0 Å². The Morgan fingerprint density at radius 2 is 1.32 bits per heavy atom. The first-order valence-corrected chi connectivity index (χ1v) is 14.2. The average molecular weight is 633 g/mol. The molecule has 3 aromatic rings. The lowest BCUT2D eigenvalue weighted by Crippen LogP contribution is -2.57. The van der Waals surface area contributed by atoms with Gasteiger partial charge < -0.3 is 5.32 Å². The highest BCUT2D eigenvalue weighted by atomic mass is 79.9. The quantitative estimate of drug-likeness (QED) is 0.259. The first-order chi connectivity index (χ1) is 18.0. The number of hydrogen-bond acceptors (Lipinski definition) is 3. The first-order valence-electron chi connectivity index (χ1n) is 12.2. The minimum Gasteiger partial charge on any atom is -0.323 e. The summed E-state index contributed by atoms with van der Waals surface area (Å²) in [5.41, 5.74) is 3.24. The van der Waals surface area contributed by atoms with Crippen LogP contribution in [0.3, 0.4) is 0 Å². The molecule has 1 heterocycles. The number of rotatable bonds is 4. The summed E-state index contributed by atoms with van der Waals surface area (Å²) in [5.74, 6) is -3.84. The number of nitrogens with one attached hydrogen (secondary N) is 1. The molecule has 2 bridgehead atoms. The van der Waals surface area contributed by atoms with E-state index in [1.54, 1.807) is 32.0 Å². The highest BCUT2D eigenvalue weighted by molar-refractivity contribution is 9.10. The van der Waals surface area contributed by atoms with Gasteiger partial charge in [0.25, 0.3) is 0 Å². The zero-order chi connectivity index (χ0) is 27.1. The van der Waals surface area contributed by atoms with Gasteiger partial charge in [-0.05, 0) is 46.4 Å². The van der Waals surface area contributed by atoms with Gasteiger partial charge in [-0.25, -0.2) is 0 Å². The standard InChI is InChI=1S/C29H22BrCl3N2O3/c1-14(2)24(25(36)34-21-12-11-15(30)13-20(21)31)35-26(37)22-23(27(35)38)29(33)17-8-4-3-7-16(17)28(22,32)18-9-5-6-10-19(18)29/h3-14,22-24H,1-2H3,(H,34,36)/t22-,23+,24-,28?,29?/m0/s1. The number of carbonyl (C=O) groups is 3. The molecule has 0 aromatic heterocycles. The van der Waals surface area contributed by atoms with Crippen molar-refractivity contribution in [3.8, 4) is 0 Å². The number of carbonyl (C=O) groups excluding carboxylic acids is 3. The molecule has 3 aromatic carbocycles. The molecule has 0 radical (unpaired) electrons. The van der Waals surface area contributed by atoms with E-state index in [2.05, 4.69) is 21.2 Å². The maximum atomic E-state index is 14.3. The summed E-state index contributed by atoms with van der Waals surface area (Å²) in [5, 5.41) is 3.13. The predicted octanol–water partition coefficient (Wildman–Crippen LogP) is 6.66. The Balaban J connectivity index is 1.48. The van der Waals surface area contributed by atoms with Crippen molar-refractivity contribution < 1.29 is 14.4 Å². The van der Waals surface area contributed by atoms with E-state index in [9.17, 15) is 14.4 Å². The largest absolute Gasteiger partial charge is 0.323 e. The third-order valence-electron chi connectivity index (χ3n) is 7.99. The van der Waals surface area contributed by atoms with Crippen LogP contribution in [0.2, 0.25) is 5.02 Å². The van der Waals surface area contributed by atoms with Crippen LogP contribution in [-0.2, 0) is 24.1 Å². The SMILES string of the molecule is CC(C)[C@@H](C(=O)Nc1ccc(Br)cc1Cl)N1C(=O)[C@@H]2[C@H](C1=O)C1(Cl)c3ccccc3C2(Cl)c2ccccc21. The highest BCUT2D eigenvalue weighted by Crippen LogP contribution is 2.69. The second kappa shape index (κ2) is 8.82. The van der Waals surface area contributed by atoms with Crippen molar-refractivity contribution >= 4 is 74.1 Å². The Kier molecular flexibility index (Phi) is 6.00. The van der Waals surface area contributed by atoms with E-state index < -0.39 is 51.3 Å². The Labute approximate surface area is 243 Å². The fourth-order valence-corrected chi connectivity index (χ4v) is 8.30. The third-order valence-corrected chi connectivity index (χ3v) is 10.1. The van der Waals surface area contributed by atoms with Gasteiger partial charge in [0.15, 0.2) is 0 Å². The summed E-state index contributed by atoms with van der Waals surface area (Å²) in [7, 11) is 0. The van der Waals surface area contributed by atoms with Gasteiger partial charge in [-0.2, -0.15) is 0 Å². The molecule has 3 aliphatic carbocycles. The number of anilines is 1. The molecule has 3 atom stereocenters. The number of benzene rings is 3. The molecule has 1 saturated heterocycles. The molecule has 1 N–H and O–H groups in total. The van der Waals surface area contributed by atoms with Gasteiger partial charge in [0.05, 0.1) is 22.5 Å². The minimum atomic E-state index is -1.30. The molecule has 0 spiro atoms. The lowest BCUT2D eigenvalue weighted by atomic mass is 9.54. The molecule has 0 unspecified atom stereocenters. The smallest absolute Gasteiger partial charge is 0.247 e. The van der Waals surface area contributed by atoms with Gasteiger partial charge in [0.2, 0.25) is 17.7 Å². The molecule has 7 rings (SSSR count). The third kappa shape index (κ3) is 3.27. The second-order valence-electron chi connectivity index (χ2n) is 10.3. The highest BCUT2D eigenvalue weighted by Gasteiger charge is 2.73. The van der Waals surface area contributed by atoms with Crippen LogP contribution in [0, 0.1) is 17.8 Å². The van der Waals surface area contributed by atoms with E-state index in [0.29, 0.717) is 33.0 Å². The Morgan fingerprint density at radius 1 is 0.868 bits per heavy atom. The number of halogens is 4. The molecule has 194 valence electrons. The maximum absolute atomic E-state index is 14.3. The molecule has 4 aliphatic rings. The number of imide groups is 1. The van der Waals surface area contributed by atoms with Gasteiger partial charge in [-0.15, -0.1) is 23.2 Å². The molecule has 5 nitrogen and oxygen atoms in total. The second-order valence-corrected chi connectivity index (χ2v) is 12.8. The van der Waals surface area contributed by atoms with Gasteiger partial charge in [-0.1, -0.05) is 89.9 Å². The minimum absolute atomic E-state index is 0.325. The number of nitrogens with zero attached hydrogens (tertiary/aromatic N) is 1. The number of hydrogen-bond donors (Lipinski definition) is 1. The summed E-state index contributed by atoms with van der Waals surface area (Å²) in [6.07, 6.45) is 0. The molecule has 1 fully saturated rings. The number of amides is 3. The molecule has 3 amide bonds. The van der Waals surface area contributed by atoms with E-state index in [1.165, 1.54) is 0 Å². The fourth-order valence-electron chi connectivity index (χ4n) is 6.48. The van der Waals surface area contributed by atoms with Crippen LogP contribution in [0.5, 0.6) is 0 Å². The topological polar surface area (TPSA) is 66.5 Å². The molecule has 1 aliphatic heterocycles. The van der Waals surface area contributed by atoms with E-state index in [4.69, 9.17) is 34.8 Å². The number of alkyl halides is 2. The van der Waals surface area contributed by atoms with E-state index in [0.717, 1.165) is 9.37 Å². The molecule has 9 heteroatoms. The molecule has 0 saturated carbocycles. The average Bonchev–Trinajstić information content (AvgIpc) is 3.15. The van der Waals surface area contributed by atoms with E-state index in [-0.39, 0.29) is 0 Å². The van der Waals surface area contributed by atoms with Crippen LogP contribution in [0.15, 0.2) is 71.2 Å². The van der Waals surface area contributed by atoms with E-state index >= 15 is 0 Å². The van der Waals surface area contributed by atoms with Crippen molar-refractivity contribution in [3.05, 3.63) is 98.5 Å². The lowest BCUT2D eigenvalue weighted by molar-refractivity contribution is -0.148. The van der Waals surface area contributed by atoms with Crippen molar-refractivity contribution in [1.29, 1.82) is 0 Å². The van der Waals surface area contributed by atoms with Crippen LogP contribution in [0.25, 0.3) is 0 Å². The van der Waals surface area contributed by atoms with Crippen LogP contribution >= 0.6 is 50.7 Å². The number of likely N-dealkylation sites (tertiary alicyclic amines) is 1. The summed E-state index contributed by atoms with van der Waals surface area (Å²) in [4.78, 5) is 40.7. The zero-order valence-corrected chi connectivity index (χ0v) is 24.2. The summed E-state index contributed by atoms with van der Waals surface area (Å²) in [6.45, 7) is 3.59. The fraction of sp³-hybridized carbons (Fsp3) is 0.276. The van der Waals surface area contributed by atoms with Crippen molar-refractivity contribution in [1.82, 2.24) is 4.90 Å². The normalized spacial score (nSPS) is 27.7. The van der Waals surface area contributed by atoms with Crippen LogP contribution in [-0.4, -0.2) is 28.7 Å². The Bertz CT molecular complexity index is 1420. The van der Waals surface area contributed by atoms with Gasteiger partial charge in [-0.3, -0.25) is 19.3 Å². The maximum Gasteiger partial charge on any atom is 0.247 e. The Morgan fingerprint density at radius 3 is 1.71 bits per heavy atom. The van der Waals surface area contributed by atoms with Gasteiger partial charge in [0, 0.05) is 4.47 Å². The van der Waals surface area contributed by atoms with Gasteiger partial charge in [0.1, 0.15) is 15.8 Å². The summed E-state index contributed by atoms with van der Waals surface area (Å²) < 4.78 is 0.754. The molecular formula is C29H22BrCl3N2O3. The van der Waals surface area contributed by atoms with Crippen LogP contribution in [0.1, 0.15) is 36.1 Å². The van der Waals surface area contributed by atoms with Gasteiger partial charge >= 0.3 is 0 Å². The van der Waals surface area contributed by atoms with Crippen molar-refractivity contribution in [2.45, 2.75) is 29.6 Å². The van der Waals surface area contributed by atoms with Crippen LogP contribution in [0.4, 0.5) is 5.69 Å². The van der Waals surface area contributed by atoms with E-state index in [1.807, 2.05) is 48.5 Å². The molecule has 38 heavy (non-hydrogen) atoms. The monoisotopic (exact) mass is 630 g/mol. The lowest BCUT2D eigenvalue weighted by Gasteiger charge is -2.54. The predicted molar refractivity (Wildman–Crippen MR) is 151 cm³/mol.